The van der Waals surface area contributed by atoms with Gasteiger partial charge in [-0.3, -0.25) is 0 Å². The summed E-state index contributed by atoms with van der Waals surface area (Å²) in [6.45, 7) is 4.85. The summed E-state index contributed by atoms with van der Waals surface area (Å²) in [6, 6.07) is 14.8. The zero-order valence-electron chi connectivity index (χ0n) is 18.3. The molecule has 33 heavy (non-hydrogen) atoms. The molecule has 1 heterocycles. The number of halogens is 3. The lowest BCUT2D eigenvalue weighted by Crippen LogP contribution is -2.33. The van der Waals surface area contributed by atoms with Gasteiger partial charge in [0, 0.05) is 47.4 Å². The molecule has 1 aromatic heterocycles. The second-order valence-electron chi connectivity index (χ2n) is 7.60. The molecule has 3 aromatic carbocycles. The number of nitrogens with zero attached hydrogens (tertiary/aromatic N) is 2. The smallest absolute Gasteiger partial charge is 0.410 e. The molecule has 0 unspecified atom stereocenters. The van der Waals surface area contributed by atoms with Gasteiger partial charge in [-0.2, -0.15) is 0 Å². The van der Waals surface area contributed by atoms with Crippen LogP contribution in [0.1, 0.15) is 19.4 Å². The second-order valence-corrected chi connectivity index (χ2v) is 7.60. The Bertz CT molecular complexity index is 1290. The third-order valence-corrected chi connectivity index (χ3v) is 5.58. The average molecular weight is 452 g/mol. The van der Waals surface area contributed by atoms with Crippen LogP contribution in [0.3, 0.4) is 0 Å². The van der Waals surface area contributed by atoms with Crippen LogP contribution in [0.15, 0.2) is 66.9 Å². The first kappa shape index (κ1) is 22.5. The van der Waals surface area contributed by atoms with Crippen LogP contribution >= 0.6 is 0 Å². The van der Waals surface area contributed by atoms with Crippen LogP contribution in [-0.2, 0) is 6.54 Å². The van der Waals surface area contributed by atoms with E-state index in [0.29, 0.717) is 35.1 Å². The van der Waals surface area contributed by atoms with Crippen LogP contribution in [0, 0.1) is 17.5 Å². The largest absolute Gasteiger partial charge is 0.415 e. The minimum atomic E-state index is -0.742. The number of benzene rings is 3. The molecule has 0 fully saturated rings. The molecule has 7 heteroatoms. The highest BCUT2D eigenvalue weighted by molar-refractivity contribution is 5.99. The molecule has 0 saturated carbocycles. The molecular weight excluding hydrogens is 429 g/mol. The molecule has 4 aromatic rings. The van der Waals surface area contributed by atoms with Gasteiger partial charge < -0.3 is 14.2 Å². The fourth-order valence-corrected chi connectivity index (χ4v) is 3.92. The van der Waals surface area contributed by atoms with Gasteiger partial charge in [-0.15, -0.1) is 0 Å². The number of fused-ring (bicyclic) bond motifs is 1. The zero-order chi connectivity index (χ0) is 23.5. The van der Waals surface area contributed by atoms with Gasteiger partial charge >= 0.3 is 6.09 Å². The monoisotopic (exact) mass is 452 g/mol. The van der Waals surface area contributed by atoms with Gasteiger partial charge in [0.25, 0.3) is 0 Å². The minimum absolute atomic E-state index is 0.188. The number of aromatic nitrogens is 1. The Labute approximate surface area is 189 Å². The van der Waals surface area contributed by atoms with E-state index in [1.54, 1.807) is 42.6 Å². The maximum Gasteiger partial charge on any atom is 0.415 e. The maximum atomic E-state index is 14.2. The summed E-state index contributed by atoms with van der Waals surface area (Å²) >= 11 is 0. The first-order valence-corrected chi connectivity index (χ1v) is 10.7. The molecule has 0 aliphatic rings. The van der Waals surface area contributed by atoms with Crippen molar-refractivity contribution in [1.82, 2.24) is 9.47 Å². The SMILES string of the molecule is CCN(CC)C(=O)Oc1ccc2c(ccn2Cc2ccccc2F)c1-c1cc(F)cc(F)c1. The highest BCUT2D eigenvalue weighted by Gasteiger charge is 2.20. The van der Waals surface area contributed by atoms with Gasteiger partial charge in [-0.05, 0) is 55.8 Å². The number of hydrogen-bond acceptors (Lipinski definition) is 2. The van der Waals surface area contributed by atoms with Crippen molar-refractivity contribution in [3.05, 3.63) is 89.9 Å². The fourth-order valence-electron chi connectivity index (χ4n) is 3.92. The Balaban J connectivity index is 1.86. The average Bonchev–Trinajstić information content (AvgIpc) is 3.18. The molecule has 170 valence electrons. The van der Waals surface area contributed by atoms with Crippen LogP contribution < -0.4 is 4.74 Å². The highest BCUT2D eigenvalue weighted by atomic mass is 19.1. The predicted octanol–water partition coefficient (Wildman–Crippen LogP) is 6.61. The minimum Gasteiger partial charge on any atom is -0.410 e. The number of hydrogen-bond donors (Lipinski definition) is 0. The van der Waals surface area contributed by atoms with Crippen LogP contribution in [0.25, 0.3) is 22.0 Å². The van der Waals surface area contributed by atoms with Crippen LogP contribution in [-0.4, -0.2) is 28.6 Å². The molecular formula is C26H23F3N2O2. The summed E-state index contributed by atoms with van der Waals surface area (Å²) in [6.07, 6.45) is 1.22. The van der Waals surface area contributed by atoms with E-state index in [4.69, 9.17) is 4.74 Å². The summed E-state index contributed by atoms with van der Waals surface area (Å²) in [5.41, 5.74) is 1.84. The van der Waals surface area contributed by atoms with Crippen LogP contribution in [0.4, 0.5) is 18.0 Å². The van der Waals surface area contributed by atoms with Crippen molar-refractivity contribution in [2.24, 2.45) is 0 Å². The van der Waals surface area contributed by atoms with Crippen molar-refractivity contribution in [3.63, 3.8) is 0 Å². The number of amides is 1. The molecule has 0 N–H and O–H groups in total. The molecule has 0 spiro atoms. The number of rotatable bonds is 6. The maximum absolute atomic E-state index is 14.2. The van der Waals surface area contributed by atoms with Gasteiger partial charge in [-0.1, -0.05) is 18.2 Å². The van der Waals surface area contributed by atoms with E-state index < -0.39 is 17.7 Å². The molecule has 0 aliphatic heterocycles. The molecule has 4 nitrogen and oxygen atoms in total. The van der Waals surface area contributed by atoms with Gasteiger partial charge in [0.15, 0.2) is 0 Å². The van der Waals surface area contributed by atoms with Crippen molar-refractivity contribution in [3.8, 4) is 16.9 Å². The van der Waals surface area contributed by atoms with E-state index in [2.05, 4.69) is 0 Å². The Morgan fingerprint density at radius 2 is 1.64 bits per heavy atom. The van der Waals surface area contributed by atoms with E-state index >= 15 is 0 Å². The Kier molecular flexibility index (Phi) is 6.40. The third kappa shape index (κ3) is 4.58. The first-order valence-electron chi connectivity index (χ1n) is 10.7. The van der Waals surface area contributed by atoms with E-state index in [1.165, 1.54) is 23.1 Å². The van der Waals surface area contributed by atoms with E-state index in [9.17, 15) is 18.0 Å². The number of carbonyl (C=O) groups excluding carboxylic acids is 1. The quantitative estimate of drug-likeness (QED) is 0.330. The van der Waals surface area contributed by atoms with Crippen LogP contribution in [0.2, 0.25) is 0 Å². The number of ether oxygens (including phenoxy) is 1. The fraction of sp³-hybridized carbons (Fsp3) is 0.192. The van der Waals surface area contributed by atoms with Gasteiger partial charge in [0.05, 0.1) is 6.54 Å². The van der Waals surface area contributed by atoms with Crippen molar-refractivity contribution in [2.75, 3.05) is 13.1 Å². The molecule has 0 radical (unpaired) electrons. The predicted molar refractivity (Wildman–Crippen MR) is 122 cm³/mol. The molecule has 0 atom stereocenters. The Morgan fingerprint density at radius 1 is 0.939 bits per heavy atom. The summed E-state index contributed by atoms with van der Waals surface area (Å²) in [7, 11) is 0. The van der Waals surface area contributed by atoms with Gasteiger partial charge in [-0.25, -0.2) is 18.0 Å². The summed E-state index contributed by atoms with van der Waals surface area (Å²) < 4.78 is 49.9. The summed E-state index contributed by atoms with van der Waals surface area (Å²) in [4.78, 5) is 14.1. The van der Waals surface area contributed by atoms with Crippen molar-refractivity contribution >= 4 is 17.0 Å². The topological polar surface area (TPSA) is 34.5 Å². The van der Waals surface area contributed by atoms with Crippen molar-refractivity contribution in [1.29, 1.82) is 0 Å². The lowest BCUT2D eigenvalue weighted by atomic mass is 10.00. The zero-order valence-corrected chi connectivity index (χ0v) is 18.3. The summed E-state index contributed by atoms with van der Waals surface area (Å²) in [5.74, 6) is -1.62. The standard InChI is InChI=1S/C26H23F3N2O2/c1-3-30(4-2)26(32)33-24-10-9-23-21(25(24)18-13-19(27)15-20(28)14-18)11-12-31(23)16-17-7-5-6-8-22(17)29/h5-15H,3-4,16H2,1-2H3. The molecule has 1 amide bonds. The lowest BCUT2D eigenvalue weighted by molar-refractivity contribution is 0.157. The Morgan fingerprint density at radius 3 is 2.30 bits per heavy atom. The molecule has 0 aliphatic carbocycles. The normalized spacial score (nSPS) is 11.1. The van der Waals surface area contributed by atoms with E-state index in [1.807, 2.05) is 18.4 Å². The van der Waals surface area contributed by atoms with E-state index in [-0.39, 0.29) is 23.7 Å². The highest BCUT2D eigenvalue weighted by Crippen LogP contribution is 2.39. The second kappa shape index (κ2) is 9.40. The third-order valence-electron chi connectivity index (χ3n) is 5.58. The Hall–Kier alpha value is -3.74. The van der Waals surface area contributed by atoms with Gasteiger partial charge in [0.2, 0.25) is 0 Å². The first-order chi connectivity index (χ1) is 15.9. The summed E-state index contributed by atoms with van der Waals surface area (Å²) in [5, 5.41) is 0.626. The number of carbonyl (C=O) groups is 1. The van der Waals surface area contributed by atoms with Crippen molar-refractivity contribution in [2.45, 2.75) is 20.4 Å². The van der Waals surface area contributed by atoms with Crippen molar-refractivity contribution < 1.29 is 22.7 Å². The molecule has 4 rings (SSSR count). The molecule has 0 bridgehead atoms. The van der Waals surface area contributed by atoms with E-state index in [0.717, 1.165) is 6.07 Å². The lowest BCUT2D eigenvalue weighted by Gasteiger charge is -2.20. The van der Waals surface area contributed by atoms with Crippen LogP contribution in [0.5, 0.6) is 5.75 Å². The molecule has 0 saturated heterocycles. The van der Waals surface area contributed by atoms with Gasteiger partial charge in [0.1, 0.15) is 23.2 Å².